The number of anilines is 1. The van der Waals surface area contributed by atoms with Gasteiger partial charge >= 0.3 is 18.0 Å². The first-order valence-corrected chi connectivity index (χ1v) is 7.12. The van der Waals surface area contributed by atoms with Gasteiger partial charge in [0.05, 0.1) is 0 Å². The summed E-state index contributed by atoms with van der Waals surface area (Å²) in [7, 11) is 0. The van der Waals surface area contributed by atoms with E-state index in [1.54, 1.807) is 6.92 Å². The fourth-order valence-corrected chi connectivity index (χ4v) is 2.37. The molecule has 0 aliphatic rings. The van der Waals surface area contributed by atoms with Crippen molar-refractivity contribution in [2.75, 3.05) is 5.32 Å². The Morgan fingerprint density at radius 2 is 1.78 bits per heavy atom. The smallest absolute Gasteiger partial charge is 0.368 e. The molecule has 0 saturated heterocycles. The maximum Gasteiger partial charge on any atom is 0.433 e. The number of rotatable bonds is 5. The van der Waals surface area contributed by atoms with Gasteiger partial charge in [-0.2, -0.15) is 30.7 Å². The van der Waals surface area contributed by atoms with Gasteiger partial charge in [-0.15, -0.1) is 0 Å². The van der Waals surface area contributed by atoms with Crippen molar-refractivity contribution in [3.63, 3.8) is 0 Å². The third kappa shape index (κ3) is 3.91. The highest BCUT2D eigenvalue weighted by molar-refractivity contribution is 7.05. The number of hydrogen-bond acceptors (Lipinski definition) is 5. The van der Waals surface area contributed by atoms with Crippen LogP contribution in [0.3, 0.4) is 0 Å². The number of halogens is 6. The van der Waals surface area contributed by atoms with Gasteiger partial charge < -0.3 is 5.11 Å². The molecular weight excluding hydrogens is 352 g/mol. The van der Waals surface area contributed by atoms with Crippen LogP contribution in [0.25, 0.3) is 0 Å². The zero-order valence-electron chi connectivity index (χ0n) is 11.9. The number of aromatic nitrogens is 2. The molecule has 1 rings (SSSR count). The summed E-state index contributed by atoms with van der Waals surface area (Å²) in [5.74, 6) is -1.88. The maximum atomic E-state index is 12.7. The Morgan fingerprint density at radius 3 is 2.22 bits per heavy atom. The van der Waals surface area contributed by atoms with E-state index in [-0.39, 0.29) is 11.5 Å². The number of carbonyl (C=O) groups excluding carboxylic acids is 1. The summed E-state index contributed by atoms with van der Waals surface area (Å²) < 4.78 is 79.2. The molecule has 1 atom stereocenters. The molecule has 132 valence electrons. The number of aliphatic hydroxyl groups is 1. The minimum Gasteiger partial charge on any atom is -0.368 e. The molecular formula is C11H13F6N3O2S. The summed E-state index contributed by atoms with van der Waals surface area (Å²) in [6.07, 6.45) is -11.0. The van der Waals surface area contributed by atoms with Crippen molar-refractivity contribution in [1.29, 1.82) is 0 Å². The van der Waals surface area contributed by atoms with Crippen LogP contribution in [-0.2, 0) is 10.4 Å². The van der Waals surface area contributed by atoms with E-state index < -0.39 is 40.7 Å². The van der Waals surface area contributed by atoms with Gasteiger partial charge in [-0.1, -0.05) is 20.3 Å². The minimum absolute atomic E-state index is 0.289. The topological polar surface area (TPSA) is 75.1 Å². The summed E-state index contributed by atoms with van der Waals surface area (Å²) >= 11 is -0.289. The van der Waals surface area contributed by atoms with Crippen LogP contribution in [0.15, 0.2) is 0 Å². The van der Waals surface area contributed by atoms with Crippen LogP contribution in [0.5, 0.6) is 0 Å². The van der Waals surface area contributed by atoms with Gasteiger partial charge in [0.15, 0.2) is 5.01 Å². The van der Waals surface area contributed by atoms with Crippen LogP contribution in [0.2, 0.25) is 0 Å². The highest BCUT2D eigenvalue weighted by atomic mass is 32.1. The quantitative estimate of drug-likeness (QED) is 0.786. The summed E-state index contributed by atoms with van der Waals surface area (Å²) in [6.45, 7) is 3.34. The van der Waals surface area contributed by atoms with E-state index in [9.17, 15) is 31.1 Å². The van der Waals surface area contributed by atoms with Crippen molar-refractivity contribution >= 4 is 23.4 Å². The van der Waals surface area contributed by atoms with Gasteiger partial charge in [0.2, 0.25) is 11.9 Å². The Hall–Kier alpha value is -1.43. The molecule has 0 radical (unpaired) electrons. The van der Waals surface area contributed by atoms with E-state index in [1.165, 1.54) is 6.92 Å². The predicted molar refractivity (Wildman–Crippen MR) is 68.6 cm³/mol. The molecule has 2 N–H and O–H groups in total. The Balaban J connectivity index is 3.08. The maximum absolute atomic E-state index is 12.7. The molecule has 0 aliphatic heterocycles. The Kier molecular flexibility index (Phi) is 5.62. The molecule has 0 aromatic carbocycles. The molecule has 0 spiro atoms. The summed E-state index contributed by atoms with van der Waals surface area (Å²) in [5, 5.41) is 9.45. The molecule has 0 aliphatic carbocycles. The molecule has 0 fully saturated rings. The lowest BCUT2D eigenvalue weighted by atomic mass is 10.0. The standard InChI is InChI=1S/C11H13F6N3O2S/c1-3-4-5(2)6(21)18-8-19-7(23-20-8)9(22,10(12,13)14)11(15,16)17/h5,22H,3-4H2,1-2H3,(H,18,20,21). The number of nitrogens with one attached hydrogen (secondary N) is 1. The first-order chi connectivity index (χ1) is 10.3. The highest BCUT2D eigenvalue weighted by Crippen LogP contribution is 2.50. The monoisotopic (exact) mass is 365 g/mol. The Bertz CT molecular complexity index is 543. The van der Waals surface area contributed by atoms with Crippen LogP contribution in [-0.4, -0.2) is 32.7 Å². The molecule has 12 heteroatoms. The SMILES string of the molecule is CCCC(C)C(=O)Nc1nsc(C(O)(C(F)(F)F)C(F)(F)F)n1. The Labute approximate surface area is 130 Å². The minimum atomic E-state index is -6.04. The van der Waals surface area contributed by atoms with E-state index in [1.807, 2.05) is 5.32 Å². The van der Waals surface area contributed by atoms with Crippen molar-refractivity contribution in [1.82, 2.24) is 9.36 Å². The van der Waals surface area contributed by atoms with Crippen molar-refractivity contribution in [3.05, 3.63) is 5.01 Å². The summed E-state index contributed by atoms with van der Waals surface area (Å²) in [5.41, 5.74) is -5.14. The lowest BCUT2D eigenvalue weighted by molar-refractivity contribution is -0.376. The molecule has 1 aromatic heterocycles. The van der Waals surface area contributed by atoms with Gasteiger partial charge in [0.25, 0.3) is 0 Å². The van der Waals surface area contributed by atoms with E-state index in [2.05, 4.69) is 9.36 Å². The zero-order valence-corrected chi connectivity index (χ0v) is 12.7. The number of hydrogen-bond donors (Lipinski definition) is 2. The fraction of sp³-hybridized carbons (Fsp3) is 0.727. The second-order valence-electron chi connectivity index (χ2n) is 4.81. The first kappa shape index (κ1) is 19.6. The fourth-order valence-electron chi connectivity index (χ4n) is 1.62. The van der Waals surface area contributed by atoms with Crippen LogP contribution < -0.4 is 5.32 Å². The lowest BCUT2D eigenvalue weighted by Gasteiger charge is -2.29. The average molecular weight is 365 g/mol. The lowest BCUT2D eigenvalue weighted by Crippen LogP contribution is -2.53. The highest BCUT2D eigenvalue weighted by Gasteiger charge is 2.73. The van der Waals surface area contributed by atoms with E-state index in [0.29, 0.717) is 12.8 Å². The third-order valence-corrected chi connectivity index (χ3v) is 3.78. The van der Waals surface area contributed by atoms with Crippen LogP contribution >= 0.6 is 11.5 Å². The van der Waals surface area contributed by atoms with Gasteiger partial charge in [-0.3, -0.25) is 10.1 Å². The van der Waals surface area contributed by atoms with E-state index in [4.69, 9.17) is 5.11 Å². The number of carbonyl (C=O) groups is 1. The largest absolute Gasteiger partial charge is 0.433 e. The second-order valence-corrected chi connectivity index (χ2v) is 5.56. The number of amides is 1. The molecule has 1 aromatic rings. The summed E-state index contributed by atoms with van der Waals surface area (Å²) in [6, 6.07) is 0. The van der Waals surface area contributed by atoms with E-state index >= 15 is 0 Å². The number of nitrogens with zero attached hydrogens (tertiary/aromatic N) is 2. The normalized spacial score (nSPS) is 14.7. The van der Waals surface area contributed by atoms with Gasteiger partial charge in [-0.25, -0.2) is 4.98 Å². The van der Waals surface area contributed by atoms with Crippen LogP contribution in [0.4, 0.5) is 32.3 Å². The molecule has 23 heavy (non-hydrogen) atoms. The third-order valence-electron chi connectivity index (χ3n) is 2.96. The zero-order chi connectivity index (χ0) is 18.1. The average Bonchev–Trinajstić information content (AvgIpc) is 2.83. The molecule has 5 nitrogen and oxygen atoms in total. The van der Waals surface area contributed by atoms with Crippen molar-refractivity contribution in [3.8, 4) is 0 Å². The molecule has 0 bridgehead atoms. The predicted octanol–water partition coefficient (Wildman–Crippen LogP) is 3.23. The van der Waals surface area contributed by atoms with Crippen molar-refractivity contribution in [2.24, 2.45) is 5.92 Å². The Morgan fingerprint density at radius 1 is 1.26 bits per heavy atom. The van der Waals surface area contributed by atoms with Gasteiger partial charge in [-0.05, 0) is 18.0 Å². The molecule has 1 amide bonds. The van der Waals surface area contributed by atoms with Crippen molar-refractivity contribution in [2.45, 2.75) is 44.6 Å². The van der Waals surface area contributed by atoms with Gasteiger partial charge in [0.1, 0.15) is 0 Å². The van der Waals surface area contributed by atoms with Crippen LogP contribution in [0.1, 0.15) is 31.7 Å². The van der Waals surface area contributed by atoms with Crippen LogP contribution in [0, 0.1) is 5.92 Å². The van der Waals surface area contributed by atoms with E-state index in [0.717, 1.165) is 0 Å². The van der Waals surface area contributed by atoms with Gasteiger partial charge in [0, 0.05) is 5.92 Å². The molecule has 0 saturated carbocycles. The first-order valence-electron chi connectivity index (χ1n) is 6.35. The molecule has 1 unspecified atom stereocenters. The van der Waals surface area contributed by atoms with Crippen molar-refractivity contribution < 1.29 is 36.2 Å². The molecule has 1 heterocycles. The second kappa shape index (κ2) is 6.59. The summed E-state index contributed by atoms with van der Waals surface area (Å²) in [4.78, 5) is 14.6. The number of alkyl halides is 6.